The zero-order valence-corrected chi connectivity index (χ0v) is 36.7. The van der Waals surface area contributed by atoms with Crippen molar-refractivity contribution in [2.45, 2.75) is 47.9 Å². The number of carbonyl (C=O) groups excluding carboxylic acids is 1. The van der Waals surface area contributed by atoms with E-state index in [0.717, 1.165) is 72.0 Å². The van der Waals surface area contributed by atoms with E-state index in [0.29, 0.717) is 10.3 Å². The summed E-state index contributed by atoms with van der Waals surface area (Å²) in [5, 5.41) is 10.2. The second-order valence-corrected chi connectivity index (χ2v) is 20.7. The van der Waals surface area contributed by atoms with E-state index < -0.39 is 20.0 Å². The zero-order chi connectivity index (χ0) is 41.1. The molecule has 59 heavy (non-hydrogen) atoms. The predicted octanol–water partition coefficient (Wildman–Crippen LogP) is 6.98. The summed E-state index contributed by atoms with van der Waals surface area (Å²) in [7, 11) is -7.25. The minimum Gasteiger partial charge on any atom is -0.370 e. The third-order valence-electron chi connectivity index (χ3n) is 9.30. The number of anilines is 6. The van der Waals surface area contributed by atoms with Crippen LogP contribution in [0.3, 0.4) is 0 Å². The Bertz CT molecular complexity index is 2430. The van der Waals surface area contributed by atoms with Crippen LogP contribution in [0.5, 0.6) is 0 Å². The summed E-state index contributed by atoms with van der Waals surface area (Å²) < 4.78 is 53.1. The van der Waals surface area contributed by atoms with Gasteiger partial charge in [0.1, 0.15) is 10.0 Å². The molecule has 0 amide bonds. The van der Waals surface area contributed by atoms with Gasteiger partial charge in [-0.05, 0) is 50.7 Å². The van der Waals surface area contributed by atoms with Gasteiger partial charge in [0.25, 0.3) is 20.0 Å². The fourth-order valence-corrected chi connectivity index (χ4v) is 11.9. The van der Waals surface area contributed by atoms with Crippen LogP contribution in [0.15, 0.2) is 93.6 Å². The Balaban J connectivity index is 0.000000134. The highest BCUT2D eigenvalue weighted by Crippen LogP contribution is 2.32. The SMILES string of the molecule is O=C(CNc1ncc(N2CCCC2)s1)c1ccccc1.O=S(=O)(Nc1ncc(N2CCCC2)s1)c1nccs1.O=S(=O)(Nc1nccs1)c1ccc(N2CCCC2)cn1. The topological polar surface area (TPSA) is 196 Å². The summed E-state index contributed by atoms with van der Waals surface area (Å²) in [6, 6.07) is 12.7. The molecule has 3 aliphatic heterocycles. The number of sulfonamides is 2. The van der Waals surface area contributed by atoms with Crippen molar-refractivity contribution in [3.05, 3.63) is 89.8 Å². The number of nitrogens with one attached hydrogen (secondary N) is 3. The molecule has 0 saturated carbocycles. The Kier molecular flexibility index (Phi) is 14.4. The van der Waals surface area contributed by atoms with Crippen LogP contribution < -0.4 is 29.5 Å². The van der Waals surface area contributed by atoms with E-state index in [1.54, 1.807) is 46.8 Å². The van der Waals surface area contributed by atoms with Gasteiger partial charge in [-0.25, -0.2) is 24.9 Å². The average molecular weight is 914 g/mol. The Hall–Kier alpha value is -4.74. The van der Waals surface area contributed by atoms with Crippen molar-refractivity contribution in [1.82, 2.24) is 24.9 Å². The number of carbonyl (C=O) groups is 1. The summed E-state index contributed by atoms with van der Waals surface area (Å²) in [4.78, 5) is 39.0. The molecule has 1 aromatic carbocycles. The van der Waals surface area contributed by atoms with Gasteiger partial charge in [-0.15, -0.1) is 22.7 Å². The molecule has 3 N–H and O–H groups in total. The quantitative estimate of drug-likeness (QED) is 0.100. The van der Waals surface area contributed by atoms with Crippen LogP contribution in [0.25, 0.3) is 0 Å². The number of Topliss-reactive ketones (excluding diaryl/α,β-unsaturated/α-hetero) is 1. The van der Waals surface area contributed by atoms with E-state index >= 15 is 0 Å². The van der Waals surface area contributed by atoms with E-state index in [-0.39, 0.29) is 21.7 Å². The molecule has 3 saturated heterocycles. The largest absolute Gasteiger partial charge is 0.370 e. The molecule has 312 valence electrons. The highest BCUT2D eigenvalue weighted by atomic mass is 32.2. The van der Waals surface area contributed by atoms with Crippen LogP contribution in [0, 0.1) is 0 Å². The number of hydrogen-bond acceptors (Lipinski definition) is 18. The molecule has 5 aromatic heterocycles. The fraction of sp³-hybridized carbons (Fsp3) is 0.351. The number of hydrogen-bond donors (Lipinski definition) is 3. The van der Waals surface area contributed by atoms with E-state index in [1.807, 2.05) is 36.5 Å². The molecule has 0 radical (unpaired) electrons. The Morgan fingerprint density at radius 2 is 1.17 bits per heavy atom. The van der Waals surface area contributed by atoms with Gasteiger partial charge >= 0.3 is 0 Å². The van der Waals surface area contributed by atoms with Crippen LogP contribution in [-0.2, 0) is 20.0 Å². The molecule has 9 rings (SSSR count). The molecule has 0 bridgehead atoms. The summed E-state index contributed by atoms with van der Waals surface area (Å²) in [6.07, 6.45) is 15.5. The number of aromatic nitrogens is 5. The van der Waals surface area contributed by atoms with E-state index in [1.165, 1.54) is 78.5 Å². The number of rotatable bonds is 13. The summed E-state index contributed by atoms with van der Waals surface area (Å²) in [5.74, 6) is 0.0866. The van der Waals surface area contributed by atoms with Crippen LogP contribution >= 0.6 is 45.3 Å². The molecule has 16 nitrogen and oxygen atoms in total. The van der Waals surface area contributed by atoms with Crippen molar-refractivity contribution in [2.24, 2.45) is 0 Å². The predicted molar refractivity (Wildman–Crippen MR) is 238 cm³/mol. The number of pyridine rings is 1. The normalized spacial score (nSPS) is 15.3. The van der Waals surface area contributed by atoms with E-state index in [4.69, 9.17) is 0 Å². The smallest absolute Gasteiger partial charge is 0.291 e. The first-order chi connectivity index (χ1) is 28.6. The molecule has 0 atom stereocenters. The third kappa shape index (κ3) is 11.7. The number of ketones is 1. The number of benzene rings is 1. The molecule has 6 aromatic rings. The summed E-state index contributed by atoms with van der Waals surface area (Å²) >= 11 is 5.29. The fourth-order valence-electron chi connectivity index (χ4n) is 6.35. The summed E-state index contributed by atoms with van der Waals surface area (Å²) in [5.41, 5.74) is 1.70. The third-order valence-corrected chi connectivity index (χ3v) is 16.0. The Morgan fingerprint density at radius 1 is 0.593 bits per heavy atom. The van der Waals surface area contributed by atoms with Crippen LogP contribution in [0.4, 0.5) is 31.1 Å². The summed E-state index contributed by atoms with van der Waals surface area (Å²) in [6.45, 7) is 6.56. The number of nitrogens with zero attached hydrogens (tertiary/aromatic N) is 8. The van der Waals surface area contributed by atoms with E-state index in [2.05, 4.69) is 54.4 Å². The minimum atomic E-state index is -3.66. The van der Waals surface area contributed by atoms with Gasteiger partial charge in [-0.1, -0.05) is 53.0 Å². The monoisotopic (exact) mass is 913 g/mol. The van der Waals surface area contributed by atoms with Crippen LogP contribution in [0.2, 0.25) is 0 Å². The lowest BCUT2D eigenvalue weighted by Crippen LogP contribution is -2.19. The van der Waals surface area contributed by atoms with Gasteiger partial charge in [0.2, 0.25) is 4.34 Å². The molecular weight excluding hydrogens is 871 g/mol. The molecule has 8 heterocycles. The van der Waals surface area contributed by atoms with E-state index in [9.17, 15) is 21.6 Å². The van der Waals surface area contributed by atoms with Crippen molar-refractivity contribution in [2.75, 3.05) is 75.3 Å². The van der Waals surface area contributed by atoms with Gasteiger partial charge in [0, 0.05) is 68.0 Å². The number of thiazole rings is 4. The molecule has 0 aliphatic carbocycles. The van der Waals surface area contributed by atoms with Crippen molar-refractivity contribution in [1.29, 1.82) is 0 Å². The molecule has 3 fully saturated rings. The van der Waals surface area contributed by atoms with Crippen molar-refractivity contribution in [3.63, 3.8) is 0 Å². The van der Waals surface area contributed by atoms with Crippen molar-refractivity contribution in [3.8, 4) is 0 Å². The van der Waals surface area contributed by atoms with Gasteiger partial charge in [0.15, 0.2) is 26.2 Å². The first kappa shape index (κ1) is 42.4. The van der Waals surface area contributed by atoms with Gasteiger partial charge < -0.3 is 20.0 Å². The molecule has 3 aliphatic rings. The van der Waals surface area contributed by atoms with Crippen molar-refractivity contribution < 1.29 is 21.6 Å². The maximum atomic E-state index is 12.1. The van der Waals surface area contributed by atoms with Crippen LogP contribution in [-0.4, -0.2) is 93.4 Å². The second kappa shape index (κ2) is 20.0. The highest BCUT2D eigenvalue weighted by Gasteiger charge is 2.22. The molecule has 0 unspecified atom stereocenters. The standard InChI is InChI=1S/C15H17N3OS.C12H14N4O2S2.C10H12N4O2S3/c19-13(12-6-2-1-3-7-12)10-16-15-17-11-14(20-15)18-8-4-5-9-18;17-20(18,15-12-13-5-8-19-12)11-4-3-10(9-14-11)16-6-1-2-7-16;15-19(16,10-11-3-6-17-10)13-9-12-7-8(18-9)14-4-1-2-5-14/h1-3,6-7,11H,4-5,8-10H2,(H,16,17);3-5,8-9H,1-2,6-7H2,(H,13,15);3,6-7H,1-2,4-5H2,(H,12,13). The first-order valence-corrected chi connectivity index (χ1v) is 25.3. The lowest BCUT2D eigenvalue weighted by molar-refractivity contribution is 0.101. The molecular formula is C37H43N11O5S6. The minimum absolute atomic E-state index is 0.00986. The lowest BCUT2D eigenvalue weighted by Gasteiger charge is -2.17. The Labute approximate surface area is 359 Å². The van der Waals surface area contributed by atoms with Gasteiger partial charge in [-0.3, -0.25) is 14.2 Å². The maximum Gasteiger partial charge on any atom is 0.291 e. The maximum absolute atomic E-state index is 12.1. The van der Waals surface area contributed by atoms with Gasteiger partial charge in [-0.2, -0.15) is 16.8 Å². The van der Waals surface area contributed by atoms with Crippen molar-refractivity contribution >= 4 is 102 Å². The first-order valence-electron chi connectivity index (χ1n) is 18.9. The highest BCUT2D eigenvalue weighted by molar-refractivity contribution is 7.94. The zero-order valence-electron chi connectivity index (χ0n) is 31.8. The van der Waals surface area contributed by atoms with Crippen LogP contribution in [0.1, 0.15) is 48.9 Å². The Morgan fingerprint density at radius 3 is 1.75 bits per heavy atom. The molecule has 22 heteroatoms. The second-order valence-electron chi connectivity index (χ2n) is 13.4. The average Bonchev–Trinajstić information content (AvgIpc) is 4.08. The van der Waals surface area contributed by atoms with Gasteiger partial charge in [0.05, 0.1) is 30.8 Å². The molecule has 0 spiro atoms. The lowest BCUT2D eigenvalue weighted by atomic mass is 10.1.